The van der Waals surface area contributed by atoms with E-state index in [1.807, 2.05) is 12.1 Å². The molecule has 114 valence electrons. The van der Waals surface area contributed by atoms with Crippen LogP contribution in [0.5, 0.6) is 5.75 Å². The van der Waals surface area contributed by atoms with E-state index in [9.17, 15) is 8.42 Å². The van der Waals surface area contributed by atoms with Gasteiger partial charge < -0.3 is 10.5 Å². The van der Waals surface area contributed by atoms with E-state index < -0.39 is 10.0 Å². The quantitative estimate of drug-likeness (QED) is 0.883. The highest BCUT2D eigenvalue weighted by atomic mass is 32.2. The molecule has 1 aromatic carbocycles. The first-order valence-electron chi connectivity index (χ1n) is 6.23. The van der Waals surface area contributed by atoms with Gasteiger partial charge in [-0.1, -0.05) is 12.1 Å². The number of anilines is 1. The molecule has 21 heavy (non-hydrogen) atoms. The van der Waals surface area contributed by atoms with Crippen LogP contribution in [0.2, 0.25) is 0 Å². The number of methoxy groups -OCH3 is 1. The van der Waals surface area contributed by atoms with E-state index in [2.05, 4.69) is 5.10 Å². The van der Waals surface area contributed by atoms with E-state index in [1.165, 1.54) is 22.2 Å². The number of nitrogens with zero attached hydrogens (tertiary/aromatic N) is 3. The van der Waals surface area contributed by atoms with Crippen molar-refractivity contribution < 1.29 is 13.2 Å². The molecule has 0 saturated heterocycles. The molecule has 0 aliphatic heterocycles. The van der Waals surface area contributed by atoms with E-state index >= 15 is 0 Å². The van der Waals surface area contributed by atoms with Crippen LogP contribution in [0, 0.1) is 0 Å². The number of hydrogen-bond donors (Lipinski definition) is 1. The Morgan fingerprint density at radius 3 is 2.43 bits per heavy atom. The molecule has 0 spiro atoms. The van der Waals surface area contributed by atoms with Crippen LogP contribution in [0.3, 0.4) is 0 Å². The van der Waals surface area contributed by atoms with Gasteiger partial charge in [0.15, 0.2) is 5.82 Å². The summed E-state index contributed by atoms with van der Waals surface area (Å²) in [5, 5.41) is 3.86. The molecule has 1 heterocycles. The standard InChI is InChI=1S/C13H18N4O3S/c1-16-9-12(13(14)15-16)21(18,19)17(2)8-10-4-6-11(20-3)7-5-10/h4-7,9H,8H2,1-3H3,(H2,14,15). The van der Waals surface area contributed by atoms with Gasteiger partial charge >= 0.3 is 0 Å². The van der Waals surface area contributed by atoms with Gasteiger partial charge in [-0.15, -0.1) is 0 Å². The minimum absolute atomic E-state index is 0.000851. The largest absolute Gasteiger partial charge is 0.497 e. The summed E-state index contributed by atoms with van der Waals surface area (Å²) >= 11 is 0. The predicted molar refractivity (Wildman–Crippen MR) is 79.3 cm³/mol. The summed E-state index contributed by atoms with van der Waals surface area (Å²) in [6, 6.07) is 7.21. The molecule has 0 saturated carbocycles. The van der Waals surface area contributed by atoms with Crippen molar-refractivity contribution in [3.8, 4) is 5.75 Å². The Kier molecular flexibility index (Phi) is 4.19. The lowest BCUT2D eigenvalue weighted by atomic mass is 10.2. The van der Waals surface area contributed by atoms with Crippen molar-refractivity contribution in [3.63, 3.8) is 0 Å². The molecule has 0 aliphatic carbocycles. The van der Waals surface area contributed by atoms with E-state index in [0.29, 0.717) is 0 Å². The molecule has 0 bridgehead atoms. The molecule has 2 aromatic rings. The van der Waals surface area contributed by atoms with Gasteiger partial charge in [0.2, 0.25) is 10.0 Å². The number of nitrogens with two attached hydrogens (primary N) is 1. The molecular formula is C13H18N4O3S. The molecule has 0 fully saturated rings. The number of rotatable bonds is 5. The third kappa shape index (κ3) is 3.17. The first-order valence-corrected chi connectivity index (χ1v) is 7.67. The predicted octanol–water partition coefficient (Wildman–Crippen LogP) is 0.832. The zero-order chi connectivity index (χ0) is 15.6. The highest BCUT2D eigenvalue weighted by Crippen LogP contribution is 2.21. The third-order valence-electron chi connectivity index (χ3n) is 3.07. The average Bonchev–Trinajstić information content (AvgIpc) is 2.79. The van der Waals surface area contributed by atoms with Gasteiger partial charge in [-0.25, -0.2) is 8.42 Å². The van der Waals surface area contributed by atoms with Crippen molar-refractivity contribution in [2.75, 3.05) is 19.9 Å². The summed E-state index contributed by atoms with van der Waals surface area (Å²) < 4.78 is 32.6. The fourth-order valence-electron chi connectivity index (χ4n) is 1.92. The lowest BCUT2D eigenvalue weighted by molar-refractivity contribution is 0.414. The average molecular weight is 310 g/mol. The monoisotopic (exact) mass is 310 g/mol. The molecule has 0 radical (unpaired) electrons. The zero-order valence-corrected chi connectivity index (χ0v) is 13.0. The molecule has 8 heteroatoms. The van der Waals surface area contributed by atoms with Gasteiger partial charge in [-0.05, 0) is 17.7 Å². The second-order valence-corrected chi connectivity index (χ2v) is 6.67. The Hall–Kier alpha value is -2.06. The summed E-state index contributed by atoms with van der Waals surface area (Å²) in [5.41, 5.74) is 6.49. The van der Waals surface area contributed by atoms with E-state index in [4.69, 9.17) is 10.5 Å². The summed E-state index contributed by atoms with van der Waals surface area (Å²) in [6.07, 6.45) is 1.40. The van der Waals surface area contributed by atoms with Crippen LogP contribution in [0.15, 0.2) is 35.4 Å². The van der Waals surface area contributed by atoms with Gasteiger partial charge in [0.05, 0.1) is 7.11 Å². The fraction of sp³-hybridized carbons (Fsp3) is 0.308. The van der Waals surface area contributed by atoms with Crippen LogP contribution in [0.25, 0.3) is 0 Å². The Morgan fingerprint density at radius 1 is 1.33 bits per heavy atom. The molecule has 0 aliphatic rings. The Morgan fingerprint density at radius 2 is 1.95 bits per heavy atom. The Bertz CT molecular complexity index is 722. The van der Waals surface area contributed by atoms with Crippen molar-refractivity contribution in [3.05, 3.63) is 36.0 Å². The van der Waals surface area contributed by atoms with Gasteiger partial charge in [-0.3, -0.25) is 4.68 Å². The van der Waals surface area contributed by atoms with E-state index in [0.717, 1.165) is 11.3 Å². The van der Waals surface area contributed by atoms with Gasteiger partial charge in [0.1, 0.15) is 10.6 Å². The number of ether oxygens (including phenoxy) is 1. The maximum atomic E-state index is 12.5. The van der Waals surface area contributed by atoms with Gasteiger partial charge in [-0.2, -0.15) is 9.40 Å². The van der Waals surface area contributed by atoms with Gasteiger partial charge in [0.25, 0.3) is 0 Å². The minimum atomic E-state index is -3.67. The van der Waals surface area contributed by atoms with Crippen molar-refractivity contribution in [2.24, 2.45) is 7.05 Å². The van der Waals surface area contributed by atoms with E-state index in [1.54, 1.807) is 26.3 Å². The van der Waals surface area contributed by atoms with Crippen LogP contribution >= 0.6 is 0 Å². The smallest absolute Gasteiger partial charge is 0.248 e. The first-order chi connectivity index (χ1) is 9.84. The summed E-state index contributed by atoms with van der Waals surface area (Å²) in [5.74, 6) is 0.722. The molecular weight excluding hydrogens is 292 g/mol. The number of sulfonamides is 1. The Labute approximate surface area is 124 Å². The molecule has 1 aromatic heterocycles. The molecule has 0 amide bonds. The molecule has 0 atom stereocenters. The molecule has 2 N–H and O–H groups in total. The topological polar surface area (TPSA) is 90.5 Å². The second-order valence-electron chi connectivity index (χ2n) is 4.66. The summed E-state index contributed by atoms with van der Waals surface area (Å²) in [7, 11) is 1.04. The molecule has 0 unspecified atom stereocenters. The first kappa shape index (κ1) is 15.3. The number of aromatic nitrogens is 2. The normalized spacial score (nSPS) is 11.8. The van der Waals surface area contributed by atoms with Crippen LogP contribution < -0.4 is 10.5 Å². The minimum Gasteiger partial charge on any atom is -0.497 e. The van der Waals surface area contributed by atoms with Crippen molar-refractivity contribution in [1.29, 1.82) is 0 Å². The highest BCUT2D eigenvalue weighted by molar-refractivity contribution is 7.89. The zero-order valence-electron chi connectivity index (χ0n) is 12.1. The Balaban J connectivity index is 2.22. The third-order valence-corrected chi connectivity index (χ3v) is 4.89. The number of aryl methyl sites for hydroxylation is 1. The van der Waals surface area contributed by atoms with Gasteiger partial charge in [0, 0.05) is 26.8 Å². The van der Waals surface area contributed by atoms with Crippen LogP contribution in [0.4, 0.5) is 5.82 Å². The van der Waals surface area contributed by atoms with Crippen molar-refractivity contribution in [2.45, 2.75) is 11.4 Å². The fourth-order valence-corrected chi connectivity index (χ4v) is 3.17. The molecule has 7 nitrogen and oxygen atoms in total. The summed E-state index contributed by atoms with van der Waals surface area (Å²) in [6.45, 7) is 0.237. The van der Waals surface area contributed by atoms with Crippen molar-refractivity contribution >= 4 is 15.8 Å². The lowest BCUT2D eigenvalue weighted by Crippen LogP contribution is -2.26. The number of benzene rings is 1. The van der Waals surface area contributed by atoms with E-state index in [-0.39, 0.29) is 17.3 Å². The SMILES string of the molecule is COc1ccc(CN(C)S(=O)(=O)c2cn(C)nc2N)cc1. The lowest BCUT2D eigenvalue weighted by Gasteiger charge is -2.16. The molecule has 2 rings (SSSR count). The van der Waals surface area contributed by atoms with Crippen molar-refractivity contribution in [1.82, 2.24) is 14.1 Å². The van der Waals surface area contributed by atoms with Crippen LogP contribution in [-0.4, -0.2) is 36.7 Å². The van der Waals surface area contributed by atoms with Crippen LogP contribution in [0.1, 0.15) is 5.56 Å². The highest BCUT2D eigenvalue weighted by Gasteiger charge is 2.25. The maximum Gasteiger partial charge on any atom is 0.248 e. The number of nitrogen functional groups attached to an aromatic ring is 1. The second kappa shape index (κ2) is 5.74. The maximum absolute atomic E-state index is 12.5. The summed E-state index contributed by atoms with van der Waals surface area (Å²) in [4.78, 5) is 0.0148. The van der Waals surface area contributed by atoms with Crippen LogP contribution in [-0.2, 0) is 23.6 Å². The number of hydrogen-bond acceptors (Lipinski definition) is 5.